The van der Waals surface area contributed by atoms with Gasteiger partial charge in [0.05, 0.1) is 12.8 Å². The molecule has 1 aromatic rings. The first-order valence-electron chi connectivity index (χ1n) is 8.92. The summed E-state index contributed by atoms with van der Waals surface area (Å²) < 4.78 is 5.14. The van der Waals surface area contributed by atoms with Gasteiger partial charge in [-0.3, -0.25) is 5.43 Å². The number of nitrogens with one attached hydrogen (secondary N) is 1. The highest BCUT2D eigenvalue weighted by Crippen LogP contribution is 2.55. The minimum atomic E-state index is 0.0292. The van der Waals surface area contributed by atoms with Crippen molar-refractivity contribution in [2.24, 2.45) is 11.8 Å². The Morgan fingerprint density at radius 3 is 2.83 bits per heavy atom. The lowest BCUT2D eigenvalue weighted by Crippen LogP contribution is -2.48. The van der Waals surface area contributed by atoms with Crippen LogP contribution in [0.15, 0.2) is 36.3 Å². The van der Waals surface area contributed by atoms with Crippen LogP contribution in [0, 0.1) is 11.8 Å². The van der Waals surface area contributed by atoms with Crippen LogP contribution in [0.5, 0.6) is 5.88 Å². The highest BCUT2D eigenvalue weighted by Gasteiger charge is 2.54. The van der Waals surface area contributed by atoms with Gasteiger partial charge in [-0.25, -0.2) is 9.82 Å². The predicted octanol–water partition coefficient (Wildman–Crippen LogP) is 3.42. The normalized spacial score (nSPS) is 33.8. The van der Waals surface area contributed by atoms with Gasteiger partial charge in [0.25, 0.3) is 0 Å². The first-order valence-corrected chi connectivity index (χ1v) is 8.92. The maximum absolute atomic E-state index is 6.42. The van der Waals surface area contributed by atoms with Crippen LogP contribution in [-0.2, 0) is 4.84 Å². The molecule has 1 aromatic heterocycles. The predicted molar refractivity (Wildman–Crippen MR) is 90.3 cm³/mol. The molecule has 3 saturated carbocycles. The summed E-state index contributed by atoms with van der Waals surface area (Å²) in [5, 5.41) is 1.89. The molecule has 1 N–H and O–H groups in total. The van der Waals surface area contributed by atoms with Crippen LogP contribution in [0.2, 0.25) is 0 Å². The van der Waals surface area contributed by atoms with E-state index in [1.54, 1.807) is 7.11 Å². The van der Waals surface area contributed by atoms with Crippen LogP contribution < -0.4 is 10.2 Å². The number of pyridine rings is 1. The first-order chi connectivity index (χ1) is 11.8. The lowest BCUT2D eigenvalue weighted by Gasteiger charge is -2.48. The molecule has 0 radical (unpaired) electrons. The molecule has 3 aliphatic carbocycles. The number of hydroxylamine groups is 1. The van der Waals surface area contributed by atoms with Gasteiger partial charge < -0.3 is 4.74 Å². The van der Waals surface area contributed by atoms with Gasteiger partial charge in [-0.1, -0.05) is 0 Å². The van der Waals surface area contributed by atoms with Crippen LogP contribution >= 0.6 is 0 Å². The minimum absolute atomic E-state index is 0.0292. The lowest BCUT2D eigenvalue weighted by molar-refractivity contribution is -0.247. The molecule has 2 bridgehead atoms. The van der Waals surface area contributed by atoms with Crippen LogP contribution in [-0.4, -0.2) is 22.9 Å². The van der Waals surface area contributed by atoms with E-state index in [2.05, 4.69) is 16.5 Å². The summed E-state index contributed by atoms with van der Waals surface area (Å²) in [6.45, 7) is 0. The second-order valence-corrected chi connectivity index (χ2v) is 7.50. The van der Waals surface area contributed by atoms with Crippen LogP contribution in [0.25, 0.3) is 5.57 Å². The number of aromatic nitrogens is 1. The van der Waals surface area contributed by atoms with Crippen molar-refractivity contribution in [3.63, 3.8) is 0 Å². The zero-order valence-electron chi connectivity index (χ0n) is 14.0. The molecule has 1 saturated heterocycles. The number of allylic oxidation sites excluding steroid dienone is 2. The molecule has 3 heterocycles. The number of nitrogens with zero attached hydrogens (tertiary/aromatic N) is 2. The number of rotatable bonds is 2. The van der Waals surface area contributed by atoms with Gasteiger partial charge in [-0.15, -0.1) is 0 Å². The summed E-state index contributed by atoms with van der Waals surface area (Å²) in [4.78, 5) is 10.7. The maximum atomic E-state index is 6.42. The molecule has 24 heavy (non-hydrogen) atoms. The van der Waals surface area contributed by atoms with Gasteiger partial charge in [0.2, 0.25) is 5.88 Å². The molecule has 5 aliphatic rings. The SMILES string of the molecule is COc1ccc(C2=CNN3O[C@@]4(CC3=C2)CC2CCC4CC2)cn1. The molecular formula is C19H23N3O2. The van der Waals surface area contributed by atoms with Crippen molar-refractivity contribution in [2.45, 2.75) is 44.1 Å². The average molecular weight is 325 g/mol. The van der Waals surface area contributed by atoms with Gasteiger partial charge in [-0.05, 0) is 56.1 Å². The molecule has 0 unspecified atom stereocenters. The van der Waals surface area contributed by atoms with Crippen molar-refractivity contribution in [3.05, 3.63) is 41.9 Å². The van der Waals surface area contributed by atoms with E-state index >= 15 is 0 Å². The lowest BCUT2D eigenvalue weighted by atomic mass is 9.61. The Labute approximate surface area is 142 Å². The molecule has 126 valence electrons. The van der Waals surface area contributed by atoms with E-state index in [0.717, 1.165) is 23.5 Å². The third-order valence-electron chi connectivity index (χ3n) is 6.18. The Morgan fingerprint density at radius 1 is 1.29 bits per heavy atom. The minimum Gasteiger partial charge on any atom is -0.481 e. The number of hydrogen-bond donors (Lipinski definition) is 1. The number of ether oxygens (including phenoxy) is 1. The van der Waals surface area contributed by atoms with E-state index < -0.39 is 0 Å². The summed E-state index contributed by atoms with van der Waals surface area (Å²) >= 11 is 0. The average Bonchev–Trinajstić information content (AvgIpc) is 2.99. The third kappa shape index (κ3) is 2.14. The summed E-state index contributed by atoms with van der Waals surface area (Å²) in [5.41, 5.74) is 6.79. The summed E-state index contributed by atoms with van der Waals surface area (Å²) in [6.07, 6.45) is 13.8. The monoisotopic (exact) mass is 325 g/mol. The summed E-state index contributed by atoms with van der Waals surface area (Å²) in [5.74, 6) is 2.20. The zero-order valence-corrected chi connectivity index (χ0v) is 14.0. The van der Waals surface area contributed by atoms with Crippen molar-refractivity contribution in [2.75, 3.05) is 7.11 Å². The van der Waals surface area contributed by atoms with Gasteiger partial charge >= 0.3 is 0 Å². The molecule has 2 aliphatic heterocycles. The fraction of sp³-hybridized carbons (Fsp3) is 0.526. The Balaban J connectivity index is 1.40. The van der Waals surface area contributed by atoms with Crippen LogP contribution in [0.1, 0.15) is 44.1 Å². The molecule has 0 aromatic carbocycles. The van der Waals surface area contributed by atoms with E-state index in [9.17, 15) is 0 Å². The van der Waals surface area contributed by atoms with Gasteiger partial charge in [0, 0.05) is 36.0 Å². The van der Waals surface area contributed by atoms with Gasteiger partial charge in [0.15, 0.2) is 0 Å². The fourth-order valence-electron chi connectivity index (χ4n) is 4.93. The zero-order chi connectivity index (χ0) is 16.1. The van der Waals surface area contributed by atoms with Gasteiger partial charge in [0.1, 0.15) is 5.60 Å². The maximum Gasteiger partial charge on any atom is 0.212 e. The number of fused-ring (bicyclic) bond motifs is 3. The van der Waals surface area contributed by atoms with Crippen molar-refractivity contribution in [3.8, 4) is 5.88 Å². The van der Waals surface area contributed by atoms with Crippen molar-refractivity contribution in [1.29, 1.82) is 0 Å². The Bertz CT molecular complexity index is 704. The van der Waals surface area contributed by atoms with E-state index in [-0.39, 0.29) is 5.60 Å². The molecule has 4 fully saturated rings. The third-order valence-corrected chi connectivity index (χ3v) is 6.18. The molecule has 5 nitrogen and oxygen atoms in total. The largest absolute Gasteiger partial charge is 0.481 e. The highest BCUT2D eigenvalue weighted by molar-refractivity contribution is 5.74. The van der Waals surface area contributed by atoms with Crippen molar-refractivity contribution < 1.29 is 9.57 Å². The van der Waals surface area contributed by atoms with E-state index in [4.69, 9.17) is 9.57 Å². The van der Waals surface area contributed by atoms with Crippen LogP contribution in [0.3, 0.4) is 0 Å². The number of hydrazine groups is 1. The van der Waals surface area contributed by atoms with Crippen LogP contribution in [0.4, 0.5) is 0 Å². The Morgan fingerprint density at radius 2 is 2.17 bits per heavy atom. The van der Waals surface area contributed by atoms with E-state index in [1.807, 2.05) is 29.7 Å². The van der Waals surface area contributed by atoms with E-state index in [1.165, 1.54) is 37.8 Å². The smallest absolute Gasteiger partial charge is 0.212 e. The summed E-state index contributed by atoms with van der Waals surface area (Å²) in [6, 6.07) is 3.94. The second kappa shape index (κ2) is 5.24. The topological polar surface area (TPSA) is 46.6 Å². The van der Waals surface area contributed by atoms with Crippen molar-refractivity contribution >= 4 is 5.57 Å². The molecule has 1 atom stereocenters. The number of methoxy groups -OCH3 is 1. The quantitative estimate of drug-likeness (QED) is 0.903. The highest BCUT2D eigenvalue weighted by atomic mass is 16.7. The standard InChI is InChI=1S/C19H23N3O2/c1-23-18-7-4-14(11-20-18)15-8-17-10-19(24-22(17)21-12-15)9-13-2-5-16(19)6-3-13/h4,7-8,11-13,16,21H,2-3,5-6,9-10H2,1H3/t13?,16?,19-/m1/s1. The molecular weight excluding hydrogens is 302 g/mol. The number of hydrogen-bond acceptors (Lipinski definition) is 5. The van der Waals surface area contributed by atoms with Gasteiger partial charge in [-0.2, -0.15) is 5.17 Å². The fourth-order valence-corrected chi connectivity index (χ4v) is 4.93. The molecule has 0 amide bonds. The summed E-state index contributed by atoms with van der Waals surface area (Å²) in [7, 11) is 1.64. The first kappa shape index (κ1) is 14.3. The molecule has 6 rings (SSSR count). The second-order valence-electron chi connectivity index (χ2n) is 7.50. The van der Waals surface area contributed by atoms with E-state index in [0.29, 0.717) is 11.8 Å². The van der Waals surface area contributed by atoms with Crippen molar-refractivity contribution in [1.82, 2.24) is 15.6 Å². The Kier molecular flexibility index (Phi) is 3.13. The Hall–Kier alpha value is -2.01. The molecule has 5 heteroatoms. The molecule has 1 spiro atoms.